The molecule has 7 heteroatoms. The van der Waals surface area contributed by atoms with Gasteiger partial charge in [0.05, 0.1) is 6.26 Å². The number of aromatic nitrogens is 1. The molecule has 1 saturated heterocycles. The van der Waals surface area contributed by atoms with Crippen molar-refractivity contribution in [1.82, 2.24) is 15.0 Å². The van der Waals surface area contributed by atoms with Crippen LogP contribution in [-0.2, 0) is 4.79 Å². The van der Waals surface area contributed by atoms with Gasteiger partial charge in [-0.2, -0.15) is 0 Å². The zero-order chi connectivity index (χ0) is 17.1. The molecule has 0 bridgehead atoms. The highest BCUT2D eigenvalue weighted by atomic mass is 16.5. The number of nitrogens with zero attached hydrogens (tertiary/aromatic N) is 3. The zero-order valence-corrected chi connectivity index (χ0v) is 13.9. The van der Waals surface area contributed by atoms with Crippen molar-refractivity contribution in [3.05, 3.63) is 30.2 Å². The van der Waals surface area contributed by atoms with Crippen LogP contribution in [0, 0.1) is 5.92 Å². The van der Waals surface area contributed by atoms with Gasteiger partial charge >= 0.3 is 0 Å². The maximum Gasteiger partial charge on any atom is 0.276 e. The number of hydrogen-bond donors (Lipinski definition) is 0. The second-order valence-corrected chi connectivity index (χ2v) is 6.32. The van der Waals surface area contributed by atoms with Crippen LogP contribution < -0.4 is 0 Å². The topological polar surface area (TPSA) is 79.8 Å². The molecule has 0 spiro atoms. The van der Waals surface area contributed by atoms with E-state index in [1.807, 2.05) is 18.7 Å². The highest BCUT2D eigenvalue weighted by Crippen LogP contribution is 2.21. The number of hydrogen-bond acceptors (Lipinski definition) is 5. The Bertz CT molecular complexity index is 697. The van der Waals surface area contributed by atoms with Crippen molar-refractivity contribution in [1.29, 1.82) is 0 Å². The fourth-order valence-electron chi connectivity index (χ4n) is 2.71. The summed E-state index contributed by atoms with van der Waals surface area (Å²) in [6.07, 6.45) is 2.08. The predicted octanol–water partition coefficient (Wildman–Crippen LogP) is 2.27. The van der Waals surface area contributed by atoms with Crippen LogP contribution in [-0.4, -0.2) is 52.9 Å². The third-order valence-electron chi connectivity index (χ3n) is 4.00. The summed E-state index contributed by atoms with van der Waals surface area (Å²) in [5.74, 6) is 1.26. The molecular weight excluding hydrogens is 310 g/mol. The summed E-state index contributed by atoms with van der Waals surface area (Å²) in [6, 6.07) is 5.07. The van der Waals surface area contributed by atoms with E-state index >= 15 is 0 Å². The van der Waals surface area contributed by atoms with Crippen molar-refractivity contribution < 1.29 is 18.5 Å². The number of carbonyl (C=O) groups excluding carboxylic acids is 2. The normalized spacial score (nSPS) is 15.1. The minimum Gasteiger partial charge on any atom is -0.461 e. The third kappa shape index (κ3) is 3.50. The minimum absolute atomic E-state index is 0.152. The first-order chi connectivity index (χ1) is 11.5. The molecule has 2 aromatic rings. The van der Waals surface area contributed by atoms with Crippen molar-refractivity contribution in [2.75, 3.05) is 26.2 Å². The standard InChI is InChI=1S/C17H21N3O4/c1-12(2)10-16(21)19-5-7-20(8-6-19)17(22)13-11-15(24-18-13)14-4-3-9-23-14/h3-4,9,11-12H,5-8,10H2,1-2H3. The average Bonchev–Trinajstić information content (AvgIpc) is 3.24. The van der Waals surface area contributed by atoms with Crippen LogP contribution in [0.25, 0.3) is 11.5 Å². The molecule has 128 valence electrons. The van der Waals surface area contributed by atoms with E-state index in [1.54, 1.807) is 23.1 Å². The van der Waals surface area contributed by atoms with Crippen LogP contribution in [0.15, 0.2) is 33.4 Å². The predicted molar refractivity (Wildman–Crippen MR) is 86.1 cm³/mol. The molecule has 7 nitrogen and oxygen atoms in total. The summed E-state index contributed by atoms with van der Waals surface area (Å²) >= 11 is 0. The van der Waals surface area contributed by atoms with Gasteiger partial charge in [-0.25, -0.2) is 0 Å². The highest BCUT2D eigenvalue weighted by molar-refractivity contribution is 5.93. The van der Waals surface area contributed by atoms with E-state index in [1.165, 1.54) is 6.26 Å². The molecule has 0 radical (unpaired) electrons. The van der Waals surface area contributed by atoms with Gasteiger partial charge in [0.15, 0.2) is 11.5 Å². The van der Waals surface area contributed by atoms with Gasteiger partial charge in [0, 0.05) is 38.7 Å². The lowest BCUT2D eigenvalue weighted by molar-refractivity contribution is -0.133. The first-order valence-electron chi connectivity index (χ1n) is 8.12. The highest BCUT2D eigenvalue weighted by Gasteiger charge is 2.27. The van der Waals surface area contributed by atoms with E-state index in [0.717, 1.165) is 0 Å². The molecule has 0 N–H and O–H groups in total. The van der Waals surface area contributed by atoms with Crippen molar-refractivity contribution in [2.24, 2.45) is 5.92 Å². The lowest BCUT2D eigenvalue weighted by Crippen LogP contribution is -2.50. The van der Waals surface area contributed by atoms with Gasteiger partial charge < -0.3 is 18.7 Å². The molecule has 2 aromatic heterocycles. The first-order valence-corrected chi connectivity index (χ1v) is 8.12. The summed E-state index contributed by atoms with van der Waals surface area (Å²) in [5, 5.41) is 3.83. The number of amides is 2. The van der Waals surface area contributed by atoms with Crippen molar-refractivity contribution in [3.8, 4) is 11.5 Å². The second-order valence-electron chi connectivity index (χ2n) is 6.32. The Kier molecular flexibility index (Phi) is 4.69. The number of furan rings is 1. The second kappa shape index (κ2) is 6.90. The van der Waals surface area contributed by atoms with E-state index in [9.17, 15) is 9.59 Å². The summed E-state index contributed by atoms with van der Waals surface area (Å²) in [6.45, 7) is 6.18. The monoisotopic (exact) mass is 331 g/mol. The van der Waals surface area contributed by atoms with Crippen LogP contribution in [0.5, 0.6) is 0 Å². The summed E-state index contributed by atoms with van der Waals surface area (Å²) in [5.41, 5.74) is 0.253. The fourth-order valence-corrected chi connectivity index (χ4v) is 2.71. The van der Waals surface area contributed by atoms with Gasteiger partial charge in [0.1, 0.15) is 0 Å². The Labute approximate surface area is 140 Å². The molecule has 1 aliphatic heterocycles. The maximum atomic E-state index is 12.5. The van der Waals surface area contributed by atoms with E-state index in [0.29, 0.717) is 50.0 Å². The van der Waals surface area contributed by atoms with E-state index in [4.69, 9.17) is 8.94 Å². The van der Waals surface area contributed by atoms with Gasteiger partial charge in [-0.05, 0) is 18.1 Å². The summed E-state index contributed by atoms with van der Waals surface area (Å²) < 4.78 is 10.4. The Hall–Kier alpha value is -2.57. The number of piperazine rings is 1. The SMILES string of the molecule is CC(C)CC(=O)N1CCN(C(=O)c2cc(-c3ccco3)on2)CC1. The number of rotatable bonds is 4. The van der Waals surface area contributed by atoms with Crippen molar-refractivity contribution in [3.63, 3.8) is 0 Å². The molecule has 3 heterocycles. The Morgan fingerprint density at radius 1 is 1.17 bits per heavy atom. The molecular formula is C17H21N3O4. The van der Waals surface area contributed by atoms with Gasteiger partial charge in [-0.1, -0.05) is 19.0 Å². The van der Waals surface area contributed by atoms with Crippen molar-refractivity contribution >= 4 is 11.8 Å². The molecule has 0 atom stereocenters. The average molecular weight is 331 g/mol. The van der Waals surface area contributed by atoms with Crippen LogP contribution in [0.4, 0.5) is 0 Å². The molecule has 24 heavy (non-hydrogen) atoms. The fraction of sp³-hybridized carbons (Fsp3) is 0.471. The van der Waals surface area contributed by atoms with Gasteiger partial charge in [0.2, 0.25) is 11.7 Å². The summed E-state index contributed by atoms with van der Waals surface area (Å²) in [7, 11) is 0. The van der Waals surface area contributed by atoms with E-state index < -0.39 is 0 Å². The zero-order valence-electron chi connectivity index (χ0n) is 13.9. The minimum atomic E-state index is -0.187. The lowest BCUT2D eigenvalue weighted by Gasteiger charge is -2.34. The van der Waals surface area contributed by atoms with Crippen molar-refractivity contribution in [2.45, 2.75) is 20.3 Å². The molecule has 1 aliphatic rings. The Morgan fingerprint density at radius 3 is 2.50 bits per heavy atom. The summed E-state index contributed by atoms with van der Waals surface area (Å²) in [4.78, 5) is 28.1. The lowest BCUT2D eigenvalue weighted by atomic mass is 10.1. The largest absolute Gasteiger partial charge is 0.461 e. The van der Waals surface area contributed by atoms with Gasteiger partial charge in [0.25, 0.3) is 5.91 Å². The molecule has 0 aromatic carbocycles. The third-order valence-corrected chi connectivity index (χ3v) is 4.00. The Morgan fingerprint density at radius 2 is 1.88 bits per heavy atom. The Balaban J connectivity index is 1.58. The van der Waals surface area contributed by atoms with Crippen LogP contribution in [0.2, 0.25) is 0 Å². The first kappa shape index (κ1) is 16.3. The van der Waals surface area contributed by atoms with E-state index in [2.05, 4.69) is 5.16 Å². The molecule has 1 fully saturated rings. The van der Waals surface area contributed by atoms with Crippen LogP contribution in [0.3, 0.4) is 0 Å². The van der Waals surface area contributed by atoms with Crippen LogP contribution in [0.1, 0.15) is 30.8 Å². The molecule has 0 saturated carbocycles. The van der Waals surface area contributed by atoms with Crippen LogP contribution >= 0.6 is 0 Å². The van der Waals surface area contributed by atoms with Gasteiger partial charge in [-0.15, -0.1) is 0 Å². The molecule has 0 aliphatic carbocycles. The molecule has 2 amide bonds. The molecule has 3 rings (SSSR count). The quantitative estimate of drug-likeness (QED) is 0.858. The maximum absolute atomic E-state index is 12.5. The molecule has 0 unspecified atom stereocenters. The smallest absolute Gasteiger partial charge is 0.276 e. The number of carbonyl (C=O) groups is 2. The van der Waals surface area contributed by atoms with E-state index in [-0.39, 0.29) is 17.5 Å². The van der Waals surface area contributed by atoms with Gasteiger partial charge in [-0.3, -0.25) is 9.59 Å².